The summed E-state index contributed by atoms with van der Waals surface area (Å²) in [5.74, 6) is -0.197. The van der Waals surface area contributed by atoms with Crippen LogP contribution in [-0.2, 0) is 17.9 Å². The fraction of sp³-hybridized carbons (Fsp3) is 0.273. The Morgan fingerprint density at radius 2 is 2.03 bits per heavy atom. The highest BCUT2D eigenvalue weighted by Crippen LogP contribution is 2.30. The van der Waals surface area contributed by atoms with Crippen molar-refractivity contribution in [3.05, 3.63) is 70.0 Å². The molecule has 0 atom stereocenters. The molecule has 0 spiro atoms. The highest BCUT2D eigenvalue weighted by atomic mass is 35.5. The Morgan fingerprint density at radius 1 is 1.22 bits per heavy atom. The number of rotatable bonds is 6. The molecule has 0 fully saturated rings. The van der Waals surface area contributed by atoms with Crippen LogP contribution in [0.25, 0.3) is 0 Å². The Balaban J connectivity index is 1.64. The molecule has 166 valence electrons. The molecule has 2 heterocycles. The second-order valence-electron chi connectivity index (χ2n) is 7.28. The van der Waals surface area contributed by atoms with Gasteiger partial charge in [-0.3, -0.25) is 14.5 Å². The quantitative estimate of drug-likeness (QED) is 0.607. The molecule has 0 radical (unpaired) electrons. The van der Waals surface area contributed by atoms with E-state index in [0.29, 0.717) is 29.4 Å². The third kappa shape index (κ3) is 4.44. The number of carbonyl (C=O) groups is 2. The molecule has 2 amide bonds. The second-order valence-corrected chi connectivity index (χ2v) is 7.69. The second kappa shape index (κ2) is 9.37. The van der Waals surface area contributed by atoms with E-state index >= 15 is 0 Å². The van der Waals surface area contributed by atoms with Gasteiger partial charge in [0.05, 0.1) is 23.7 Å². The number of carbonyl (C=O) groups excluding carboxylic acids is 2. The van der Waals surface area contributed by atoms with Crippen LogP contribution in [0.15, 0.2) is 47.1 Å². The maximum atomic E-state index is 13.4. The maximum Gasteiger partial charge on any atom is 0.260 e. The van der Waals surface area contributed by atoms with E-state index in [-0.39, 0.29) is 42.8 Å². The van der Waals surface area contributed by atoms with E-state index in [1.165, 1.54) is 11.0 Å². The van der Waals surface area contributed by atoms with E-state index in [1.54, 1.807) is 30.0 Å². The standard InChI is InChI=1S/C22H21ClN4O5/c1-14-19(25-32-24-14)12-26-11-15-4-2-3-5-20(15)27(13-21(26)29)22(30)17-7-6-16(10-18(17)23)31-9-8-28/h2-7,10,28H,8-9,11-13H2,1H3. The van der Waals surface area contributed by atoms with Gasteiger partial charge in [-0.15, -0.1) is 0 Å². The molecule has 2 aromatic carbocycles. The van der Waals surface area contributed by atoms with Gasteiger partial charge in [-0.1, -0.05) is 40.1 Å². The Bertz CT molecular complexity index is 1150. The first-order chi connectivity index (χ1) is 15.5. The zero-order chi connectivity index (χ0) is 22.7. The van der Waals surface area contributed by atoms with Crippen LogP contribution < -0.4 is 9.64 Å². The number of aryl methyl sites for hydroxylation is 1. The number of aliphatic hydroxyl groups excluding tert-OH is 1. The number of nitrogens with zero attached hydrogens (tertiary/aromatic N) is 4. The molecule has 1 N–H and O–H groups in total. The van der Waals surface area contributed by atoms with Crippen molar-refractivity contribution < 1.29 is 24.1 Å². The number of anilines is 1. The van der Waals surface area contributed by atoms with E-state index in [1.807, 2.05) is 18.2 Å². The number of aliphatic hydroxyl groups is 1. The van der Waals surface area contributed by atoms with Gasteiger partial charge in [0.25, 0.3) is 5.91 Å². The summed E-state index contributed by atoms with van der Waals surface area (Å²) < 4.78 is 10.1. The van der Waals surface area contributed by atoms with Crippen molar-refractivity contribution in [2.24, 2.45) is 0 Å². The van der Waals surface area contributed by atoms with Crippen LogP contribution in [0, 0.1) is 6.92 Å². The minimum absolute atomic E-state index is 0.119. The zero-order valence-corrected chi connectivity index (χ0v) is 18.1. The van der Waals surface area contributed by atoms with Crippen LogP contribution in [0.4, 0.5) is 5.69 Å². The first kappa shape index (κ1) is 21.8. The number of para-hydroxylation sites is 1. The average molecular weight is 457 g/mol. The van der Waals surface area contributed by atoms with E-state index < -0.39 is 5.91 Å². The molecule has 0 aliphatic carbocycles. The first-order valence-corrected chi connectivity index (χ1v) is 10.3. The number of benzene rings is 2. The summed E-state index contributed by atoms with van der Waals surface area (Å²) in [6, 6.07) is 12.0. The number of amides is 2. The van der Waals surface area contributed by atoms with Crippen LogP contribution in [0.3, 0.4) is 0 Å². The lowest BCUT2D eigenvalue weighted by Gasteiger charge is -2.23. The highest BCUT2D eigenvalue weighted by molar-refractivity contribution is 6.34. The van der Waals surface area contributed by atoms with Crippen molar-refractivity contribution in [1.29, 1.82) is 0 Å². The minimum atomic E-state index is -0.398. The smallest absolute Gasteiger partial charge is 0.260 e. The molecule has 9 nitrogen and oxygen atoms in total. The normalized spacial score (nSPS) is 13.7. The molecule has 0 saturated heterocycles. The lowest BCUT2D eigenvalue weighted by atomic mass is 10.1. The third-order valence-corrected chi connectivity index (χ3v) is 5.47. The van der Waals surface area contributed by atoms with Gasteiger partial charge < -0.3 is 14.7 Å². The Labute approximate surface area is 189 Å². The molecule has 0 unspecified atom stereocenters. The average Bonchev–Trinajstić information content (AvgIpc) is 3.13. The molecule has 10 heteroatoms. The number of hydrogen-bond donors (Lipinski definition) is 1. The summed E-state index contributed by atoms with van der Waals surface area (Å²) in [5.41, 5.74) is 2.88. The summed E-state index contributed by atoms with van der Waals surface area (Å²) >= 11 is 6.36. The number of fused-ring (bicyclic) bond motifs is 1. The molecule has 0 saturated carbocycles. The van der Waals surface area contributed by atoms with Crippen molar-refractivity contribution in [2.45, 2.75) is 20.0 Å². The minimum Gasteiger partial charge on any atom is -0.491 e. The fourth-order valence-electron chi connectivity index (χ4n) is 3.49. The van der Waals surface area contributed by atoms with E-state index in [0.717, 1.165) is 5.56 Å². The van der Waals surface area contributed by atoms with Crippen LogP contribution in [0.5, 0.6) is 5.75 Å². The number of aromatic nitrogens is 2. The molecule has 32 heavy (non-hydrogen) atoms. The van der Waals surface area contributed by atoms with E-state index in [9.17, 15) is 9.59 Å². The number of halogens is 1. The molecule has 1 aliphatic heterocycles. The van der Waals surface area contributed by atoms with Gasteiger partial charge in [-0.05, 0) is 36.8 Å². The third-order valence-electron chi connectivity index (χ3n) is 5.15. The predicted octanol–water partition coefficient (Wildman–Crippen LogP) is 2.59. The van der Waals surface area contributed by atoms with Gasteiger partial charge in [-0.25, -0.2) is 4.63 Å². The molecule has 0 bridgehead atoms. The zero-order valence-electron chi connectivity index (χ0n) is 17.3. The lowest BCUT2D eigenvalue weighted by molar-refractivity contribution is -0.130. The van der Waals surface area contributed by atoms with Crippen molar-refractivity contribution in [3.63, 3.8) is 0 Å². The van der Waals surface area contributed by atoms with Gasteiger partial charge in [0.1, 0.15) is 30.3 Å². The molecule has 3 aromatic rings. The largest absolute Gasteiger partial charge is 0.491 e. The van der Waals surface area contributed by atoms with Gasteiger partial charge in [0, 0.05) is 12.2 Å². The van der Waals surface area contributed by atoms with Crippen molar-refractivity contribution in [3.8, 4) is 5.75 Å². The van der Waals surface area contributed by atoms with E-state index in [2.05, 4.69) is 10.3 Å². The van der Waals surface area contributed by atoms with Crippen LogP contribution in [0.1, 0.15) is 27.3 Å². The lowest BCUT2D eigenvalue weighted by Crippen LogP contribution is -2.40. The number of hydrogen-bond acceptors (Lipinski definition) is 7. The molecular formula is C22H21ClN4O5. The summed E-state index contributed by atoms with van der Waals surface area (Å²) in [6.45, 7) is 2.13. The summed E-state index contributed by atoms with van der Waals surface area (Å²) in [6.07, 6.45) is 0. The van der Waals surface area contributed by atoms with Gasteiger partial charge in [0.2, 0.25) is 5.91 Å². The van der Waals surface area contributed by atoms with E-state index in [4.69, 9.17) is 26.1 Å². The van der Waals surface area contributed by atoms with Gasteiger partial charge in [-0.2, -0.15) is 0 Å². The monoisotopic (exact) mass is 456 g/mol. The maximum absolute atomic E-state index is 13.4. The Morgan fingerprint density at radius 3 is 2.75 bits per heavy atom. The molecule has 4 rings (SSSR count). The summed E-state index contributed by atoms with van der Waals surface area (Å²) in [5, 5.41) is 16.7. The Hall–Kier alpha value is -3.43. The topological polar surface area (TPSA) is 109 Å². The summed E-state index contributed by atoms with van der Waals surface area (Å²) in [4.78, 5) is 29.6. The fourth-order valence-corrected chi connectivity index (χ4v) is 3.74. The summed E-state index contributed by atoms with van der Waals surface area (Å²) in [7, 11) is 0. The Kier molecular flexibility index (Phi) is 6.38. The SMILES string of the molecule is Cc1nonc1CN1Cc2ccccc2N(C(=O)c2ccc(OCCO)cc2Cl)CC1=O. The van der Waals surface area contributed by atoms with Crippen molar-refractivity contribution in [1.82, 2.24) is 15.2 Å². The van der Waals surface area contributed by atoms with Crippen molar-refractivity contribution >= 4 is 29.1 Å². The van der Waals surface area contributed by atoms with Crippen LogP contribution in [0.2, 0.25) is 5.02 Å². The van der Waals surface area contributed by atoms with Crippen LogP contribution in [-0.4, -0.2) is 51.9 Å². The van der Waals surface area contributed by atoms with Gasteiger partial charge >= 0.3 is 0 Å². The van der Waals surface area contributed by atoms with Gasteiger partial charge in [0.15, 0.2) is 0 Å². The first-order valence-electron chi connectivity index (χ1n) is 9.96. The van der Waals surface area contributed by atoms with Crippen LogP contribution >= 0.6 is 11.6 Å². The van der Waals surface area contributed by atoms with Crippen molar-refractivity contribution in [2.75, 3.05) is 24.7 Å². The number of ether oxygens (including phenoxy) is 1. The molecule has 1 aliphatic rings. The molecular weight excluding hydrogens is 436 g/mol. The highest BCUT2D eigenvalue weighted by Gasteiger charge is 2.31. The molecule has 1 aromatic heterocycles. The predicted molar refractivity (Wildman–Crippen MR) is 115 cm³/mol.